The second kappa shape index (κ2) is 3.94. The Hall–Kier alpha value is -0.870. The van der Waals surface area contributed by atoms with Crippen LogP contribution in [0, 0.1) is 13.8 Å². The van der Waals surface area contributed by atoms with Crippen LogP contribution in [0.15, 0.2) is 18.2 Å². The molecule has 1 N–H and O–H groups in total. The first-order valence-electron chi connectivity index (χ1n) is 4.67. The molecular weight excluding hydrogens is 226 g/mol. The summed E-state index contributed by atoms with van der Waals surface area (Å²) in [5, 5.41) is 2.50. The lowest BCUT2D eigenvalue weighted by Crippen LogP contribution is -2.20. The molecule has 1 fully saturated rings. The molecule has 1 saturated heterocycles. The van der Waals surface area contributed by atoms with E-state index in [1.165, 1.54) is 22.9 Å². The highest BCUT2D eigenvalue weighted by Crippen LogP contribution is 2.36. The number of benzene rings is 1. The highest BCUT2D eigenvalue weighted by Gasteiger charge is 2.31. The van der Waals surface area contributed by atoms with Crippen LogP contribution in [0.4, 0.5) is 0 Å². The summed E-state index contributed by atoms with van der Waals surface area (Å²) in [5.74, 6) is -0.00120. The van der Waals surface area contributed by atoms with Gasteiger partial charge in [0.2, 0.25) is 5.91 Å². The number of amides is 1. The van der Waals surface area contributed by atoms with E-state index >= 15 is 0 Å². The second-order valence-corrected chi connectivity index (χ2v) is 5.35. The Labute approximate surface area is 98.4 Å². The predicted molar refractivity (Wildman–Crippen MR) is 67.0 cm³/mol. The molecule has 1 aliphatic rings. The molecule has 0 radical (unpaired) electrons. The van der Waals surface area contributed by atoms with Gasteiger partial charge in [-0.05, 0) is 30.5 Å². The van der Waals surface area contributed by atoms with Crippen LogP contribution < -0.4 is 5.32 Å². The highest BCUT2D eigenvalue weighted by atomic mass is 32.2. The van der Waals surface area contributed by atoms with E-state index in [4.69, 9.17) is 12.2 Å². The van der Waals surface area contributed by atoms with Crippen molar-refractivity contribution in [3.05, 3.63) is 34.9 Å². The smallest absolute Gasteiger partial charge is 0.243 e. The Kier molecular flexibility index (Phi) is 2.80. The normalized spacial score (nSPS) is 20.5. The van der Waals surface area contributed by atoms with Crippen molar-refractivity contribution in [2.45, 2.75) is 19.1 Å². The molecule has 4 heteroatoms. The Morgan fingerprint density at radius 1 is 1.40 bits per heavy atom. The molecule has 0 aromatic heterocycles. The van der Waals surface area contributed by atoms with E-state index in [-0.39, 0.29) is 11.2 Å². The van der Waals surface area contributed by atoms with E-state index in [0.29, 0.717) is 4.32 Å². The number of carbonyl (C=O) groups excluding carboxylic acids is 1. The van der Waals surface area contributed by atoms with Gasteiger partial charge in [0.15, 0.2) is 0 Å². The molecule has 2 rings (SSSR count). The molecule has 1 atom stereocenters. The van der Waals surface area contributed by atoms with Crippen LogP contribution in [0.5, 0.6) is 0 Å². The summed E-state index contributed by atoms with van der Waals surface area (Å²) in [6, 6.07) is 6.02. The zero-order valence-electron chi connectivity index (χ0n) is 8.53. The summed E-state index contributed by atoms with van der Waals surface area (Å²) in [5.41, 5.74) is 3.45. The fourth-order valence-electron chi connectivity index (χ4n) is 1.62. The van der Waals surface area contributed by atoms with Gasteiger partial charge in [-0.1, -0.05) is 42.2 Å². The number of nitrogens with one attached hydrogen (secondary N) is 1. The van der Waals surface area contributed by atoms with Gasteiger partial charge in [0.1, 0.15) is 9.57 Å². The fraction of sp³-hybridized carbons (Fsp3) is 0.273. The van der Waals surface area contributed by atoms with E-state index in [2.05, 4.69) is 18.3 Å². The molecule has 0 unspecified atom stereocenters. The van der Waals surface area contributed by atoms with Crippen LogP contribution in [0.1, 0.15) is 21.9 Å². The molecule has 1 aliphatic heterocycles. The minimum atomic E-state index is -0.169. The standard InChI is InChI=1S/C11H11NOS2/c1-6-4-3-5-8(7(6)2)9-10(13)12-11(14)15-9/h3-5,9H,1-2H3,(H,12,13,14)/t9-/m1/s1. The molecular formula is C11H11NOS2. The van der Waals surface area contributed by atoms with Crippen molar-refractivity contribution in [3.63, 3.8) is 0 Å². The molecule has 1 heterocycles. The summed E-state index contributed by atoms with van der Waals surface area (Å²) in [6.45, 7) is 4.09. The molecule has 0 bridgehead atoms. The van der Waals surface area contributed by atoms with Crippen LogP contribution >= 0.6 is 24.0 Å². The minimum absolute atomic E-state index is 0.00120. The zero-order chi connectivity index (χ0) is 11.0. The first-order valence-corrected chi connectivity index (χ1v) is 5.96. The lowest BCUT2D eigenvalue weighted by molar-refractivity contribution is -0.118. The monoisotopic (exact) mass is 237 g/mol. The quantitative estimate of drug-likeness (QED) is 0.761. The topological polar surface area (TPSA) is 29.1 Å². The molecule has 0 aliphatic carbocycles. The van der Waals surface area contributed by atoms with Gasteiger partial charge in [0.25, 0.3) is 0 Å². The largest absolute Gasteiger partial charge is 0.310 e. The third-order valence-corrected chi connectivity index (χ3v) is 4.03. The number of thioether (sulfide) groups is 1. The maximum Gasteiger partial charge on any atom is 0.243 e. The zero-order valence-corrected chi connectivity index (χ0v) is 10.2. The van der Waals surface area contributed by atoms with Crippen LogP contribution in [0.25, 0.3) is 0 Å². The lowest BCUT2D eigenvalue weighted by Gasteiger charge is -2.11. The third-order valence-electron chi connectivity index (χ3n) is 2.62. The van der Waals surface area contributed by atoms with Crippen molar-refractivity contribution in [2.75, 3.05) is 0 Å². The van der Waals surface area contributed by atoms with Crippen molar-refractivity contribution in [3.8, 4) is 0 Å². The molecule has 0 spiro atoms. The van der Waals surface area contributed by atoms with E-state index in [9.17, 15) is 4.79 Å². The summed E-state index contributed by atoms with van der Waals surface area (Å²) >= 11 is 6.40. The maximum atomic E-state index is 11.6. The van der Waals surface area contributed by atoms with Crippen LogP contribution in [-0.4, -0.2) is 10.2 Å². The van der Waals surface area contributed by atoms with Gasteiger partial charge < -0.3 is 5.32 Å². The van der Waals surface area contributed by atoms with Gasteiger partial charge in [-0.15, -0.1) is 0 Å². The van der Waals surface area contributed by atoms with Crippen molar-refractivity contribution in [1.29, 1.82) is 0 Å². The Morgan fingerprint density at radius 3 is 2.73 bits per heavy atom. The molecule has 1 amide bonds. The average molecular weight is 237 g/mol. The average Bonchev–Trinajstić information content (AvgIpc) is 2.50. The van der Waals surface area contributed by atoms with E-state index < -0.39 is 0 Å². The van der Waals surface area contributed by atoms with Gasteiger partial charge in [-0.3, -0.25) is 4.79 Å². The van der Waals surface area contributed by atoms with Crippen molar-refractivity contribution in [2.24, 2.45) is 0 Å². The van der Waals surface area contributed by atoms with Crippen molar-refractivity contribution in [1.82, 2.24) is 5.32 Å². The minimum Gasteiger partial charge on any atom is -0.310 e. The SMILES string of the molecule is Cc1cccc([C@H]2SC(=S)NC2=O)c1C. The number of hydrogen-bond acceptors (Lipinski definition) is 3. The van der Waals surface area contributed by atoms with Crippen LogP contribution in [-0.2, 0) is 4.79 Å². The Balaban J connectivity index is 2.42. The van der Waals surface area contributed by atoms with Crippen LogP contribution in [0.3, 0.4) is 0 Å². The summed E-state index contributed by atoms with van der Waals surface area (Å²) in [4.78, 5) is 11.6. The number of hydrogen-bond donors (Lipinski definition) is 1. The van der Waals surface area contributed by atoms with Crippen molar-refractivity contribution >= 4 is 34.2 Å². The number of carbonyl (C=O) groups is 1. The van der Waals surface area contributed by atoms with Gasteiger partial charge in [0, 0.05) is 0 Å². The predicted octanol–water partition coefficient (Wildman–Crippen LogP) is 2.49. The summed E-state index contributed by atoms with van der Waals surface area (Å²) < 4.78 is 0.575. The molecule has 1 aromatic carbocycles. The molecule has 78 valence electrons. The number of rotatable bonds is 1. The summed E-state index contributed by atoms with van der Waals surface area (Å²) in [6.07, 6.45) is 0. The summed E-state index contributed by atoms with van der Waals surface area (Å²) in [7, 11) is 0. The van der Waals surface area contributed by atoms with Crippen molar-refractivity contribution < 1.29 is 4.79 Å². The third kappa shape index (κ3) is 1.92. The lowest BCUT2D eigenvalue weighted by atomic mass is 10.0. The number of aryl methyl sites for hydroxylation is 1. The van der Waals surface area contributed by atoms with Gasteiger partial charge in [-0.2, -0.15) is 0 Å². The molecule has 0 saturated carbocycles. The van der Waals surface area contributed by atoms with Gasteiger partial charge >= 0.3 is 0 Å². The van der Waals surface area contributed by atoms with Gasteiger partial charge in [-0.25, -0.2) is 0 Å². The van der Waals surface area contributed by atoms with Gasteiger partial charge in [0.05, 0.1) is 0 Å². The molecule has 2 nitrogen and oxygen atoms in total. The van der Waals surface area contributed by atoms with Crippen LogP contribution in [0.2, 0.25) is 0 Å². The Morgan fingerprint density at radius 2 is 2.13 bits per heavy atom. The van der Waals surface area contributed by atoms with E-state index in [1.54, 1.807) is 0 Å². The molecule has 15 heavy (non-hydrogen) atoms. The highest BCUT2D eigenvalue weighted by molar-refractivity contribution is 8.24. The first kappa shape index (κ1) is 10.6. The Bertz CT molecular complexity index is 442. The maximum absolute atomic E-state index is 11.6. The van der Waals surface area contributed by atoms with E-state index in [0.717, 1.165) is 5.56 Å². The number of thiocarbonyl (C=S) groups is 1. The second-order valence-electron chi connectivity index (χ2n) is 3.56. The van der Waals surface area contributed by atoms with E-state index in [1.807, 2.05) is 19.1 Å². The molecule has 1 aromatic rings. The fourth-order valence-corrected chi connectivity index (χ4v) is 2.93. The first-order chi connectivity index (χ1) is 7.09.